The molecule has 166 valence electrons. The summed E-state index contributed by atoms with van der Waals surface area (Å²) in [7, 11) is 0. The highest BCUT2D eigenvalue weighted by Gasteiger charge is 2.22. The van der Waals surface area contributed by atoms with Crippen LogP contribution in [0.25, 0.3) is 10.2 Å². The Bertz CT molecular complexity index is 1310. The molecule has 4 aromatic rings. The second-order valence-electron chi connectivity index (χ2n) is 8.37. The molecular formula is C25H27ClN4OS. The smallest absolute Gasteiger partial charge is 0.233 e. The second-order valence-corrected chi connectivity index (χ2v) is 9.81. The van der Waals surface area contributed by atoms with Gasteiger partial charge in [-0.25, -0.2) is 4.98 Å². The third kappa shape index (κ3) is 4.71. The normalized spacial score (nSPS) is 11.3. The molecule has 7 heteroatoms. The van der Waals surface area contributed by atoms with Gasteiger partial charge in [-0.05, 0) is 69.5 Å². The van der Waals surface area contributed by atoms with Crippen LogP contribution in [0, 0.1) is 34.6 Å². The highest BCUT2D eigenvalue weighted by atomic mass is 35.5. The molecule has 32 heavy (non-hydrogen) atoms. The predicted molar refractivity (Wildman–Crippen MR) is 133 cm³/mol. The van der Waals surface area contributed by atoms with Crippen LogP contribution in [-0.4, -0.2) is 27.2 Å². The highest BCUT2D eigenvalue weighted by molar-refractivity contribution is 7.22. The van der Waals surface area contributed by atoms with Crippen molar-refractivity contribution in [3.63, 3.8) is 0 Å². The van der Waals surface area contributed by atoms with E-state index < -0.39 is 0 Å². The first kappa shape index (κ1) is 22.5. The largest absolute Gasteiger partial charge is 0.286 e. The fourth-order valence-corrected chi connectivity index (χ4v) is 5.45. The number of halogens is 1. The van der Waals surface area contributed by atoms with Crippen molar-refractivity contribution in [3.8, 4) is 0 Å². The van der Waals surface area contributed by atoms with Gasteiger partial charge < -0.3 is 0 Å². The molecule has 0 spiro atoms. The molecule has 4 rings (SSSR count). The first-order valence-corrected chi connectivity index (χ1v) is 11.8. The number of benzene rings is 2. The molecule has 0 aliphatic rings. The maximum absolute atomic E-state index is 13.5. The second kappa shape index (κ2) is 9.04. The first-order valence-electron chi connectivity index (χ1n) is 10.7. The summed E-state index contributed by atoms with van der Waals surface area (Å²) in [6.45, 7) is 11.2. The first-order chi connectivity index (χ1) is 15.2. The monoisotopic (exact) mass is 466 g/mol. The molecule has 1 amide bonds. The van der Waals surface area contributed by atoms with Gasteiger partial charge in [0, 0.05) is 17.3 Å². The van der Waals surface area contributed by atoms with Gasteiger partial charge >= 0.3 is 0 Å². The van der Waals surface area contributed by atoms with E-state index in [1.165, 1.54) is 16.9 Å². The fourth-order valence-electron chi connectivity index (χ4n) is 3.98. The maximum Gasteiger partial charge on any atom is 0.233 e. The third-order valence-corrected chi connectivity index (χ3v) is 6.89. The lowest BCUT2D eigenvalue weighted by molar-refractivity contribution is -0.118. The summed E-state index contributed by atoms with van der Waals surface area (Å²) in [5.41, 5.74) is 7.32. The van der Waals surface area contributed by atoms with E-state index in [9.17, 15) is 4.79 Å². The fraction of sp³-hybridized carbons (Fsp3) is 0.320. The van der Waals surface area contributed by atoms with Crippen molar-refractivity contribution in [2.75, 3.05) is 11.4 Å². The van der Waals surface area contributed by atoms with Crippen molar-refractivity contribution in [1.29, 1.82) is 0 Å². The molecule has 0 N–H and O–H groups in total. The topological polar surface area (TPSA) is 51.0 Å². The molecule has 2 aromatic heterocycles. The number of fused-ring (bicyclic) bond motifs is 1. The molecule has 0 atom stereocenters. The number of aryl methyl sites for hydroxylation is 5. The minimum atomic E-state index is 0.0290. The number of carbonyl (C=O) groups is 1. The zero-order valence-corrected chi connectivity index (χ0v) is 20.6. The summed E-state index contributed by atoms with van der Waals surface area (Å²) in [6.07, 6.45) is 0.332. The maximum atomic E-state index is 13.5. The Balaban J connectivity index is 1.67. The van der Waals surface area contributed by atoms with Crippen molar-refractivity contribution in [2.45, 2.75) is 47.6 Å². The quantitative estimate of drug-likeness (QED) is 0.352. The van der Waals surface area contributed by atoms with E-state index in [1.54, 1.807) is 4.90 Å². The predicted octanol–water partition coefficient (Wildman–Crippen LogP) is 5.96. The van der Waals surface area contributed by atoms with Gasteiger partial charge in [0.2, 0.25) is 5.91 Å². The van der Waals surface area contributed by atoms with Crippen LogP contribution >= 0.6 is 22.9 Å². The Kier molecular flexibility index (Phi) is 6.35. The van der Waals surface area contributed by atoms with Crippen LogP contribution in [0.4, 0.5) is 5.13 Å². The van der Waals surface area contributed by atoms with Gasteiger partial charge in [0.1, 0.15) is 0 Å². The van der Waals surface area contributed by atoms with Gasteiger partial charge in [0.05, 0.1) is 28.9 Å². The van der Waals surface area contributed by atoms with Crippen LogP contribution < -0.4 is 4.90 Å². The van der Waals surface area contributed by atoms with Crippen molar-refractivity contribution >= 4 is 44.2 Å². The lowest BCUT2D eigenvalue weighted by Gasteiger charge is -2.21. The van der Waals surface area contributed by atoms with Crippen molar-refractivity contribution in [3.05, 3.63) is 75.1 Å². The molecule has 2 heterocycles. The van der Waals surface area contributed by atoms with Gasteiger partial charge in [0.25, 0.3) is 0 Å². The summed E-state index contributed by atoms with van der Waals surface area (Å²) in [5, 5.41) is 5.93. The number of anilines is 1. The van der Waals surface area contributed by atoms with Crippen LogP contribution in [-0.2, 0) is 17.8 Å². The van der Waals surface area contributed by atoms with Crippen LogP contribution in [0.15, 0.2) is 36.4 Å². The van der Waals surface area contributed by atoms with Gasteiger partial charge in [-0.3, -0.25) is 14.4 Å². The molecule has 0 bridgehead atoms. The molecule has 0 aliphatic heterocycles. The molecule has 0 unspecified atom stereocenters. The molecule has 0 radical (unpaired) electrons. The summed E-state index contributed by atoms with van der Waals surface area (Å²) in [4.78, 5) is 20.2. The van der Waals surface area contributed by atoms with Crippen LogP contribution in [0.2, 0.25) is 5.02 Å². The number of hydrogen-bond donors (Lipinski definition) is 0. The average Bonchev–Trinajstić information content (AvgIpc) is 3.27. The van der Waals surface area contributed by atoms with Crippen molar-refractivity contribution in [2.24, 2.45) is 0 Å². The van der Waals surface area contributed by atoms with E-state index >= 15 is 0 Å². The lowest BCUT2D eigenvalue weighted by atomic mass is 10.0. The third-order valence-electron chi connectivity index (χ3n) is 5.65. The van der Waals surface area contributed by atoms with Gasteiger partial charge in [-0.15, -0.1) is 0 Å². The molecular weight excluding hydrogens is 440 g/mol. The summed E-state index contributed by atoms with van der Waals surface area (Å²) < 4.78 is 2.93. The van der Waals surface area contributed by atoms with Crippen molar-refractivity contribution in [1.82, 2.24) is 14.8 Å². The molecule has 0 aliphatic carbocycles. The van der Waals surface area contributed by atoms with Gasteiger partial charge in [-0.1, -0.05) is 46.7 Å². The number of nitrogens with zero attached hydrogens (tertiary/aromatic N) is 4. The Morgan fingerprint density at radius 3 is 2.53 bits per heavy atom. The Morgan fingerprint density at radius 1 is 1.06 bits per heavy atom. The van der Waals surface area contributed by atoms with Crippen LogP contribution in [0.1, 0.15) is 33.6 Å². The minimum Gasteiger partial charge on any atom is -0.286 e. The van der Waals surface area contributed by atoms with E-state index in [0.29, 0.717) is 29.7 Å². The van der Waals surface area contributed by atoms with E-state index in [4.69, 9.17) is 16.6 Å². The van der Waals surface area contributed by atoms with E-state index in [2.05, 4.69) is 31.1 Å². The lowest BCUT2D eigenvalue weighted by Crippen LogP contribution is -2.35. The van der Waals surface area contributed by atoms with Crippen LogP contribution in [0.5, 0.6) is 0 Å². The Labute approximate surface area is 197 Å². The number of aromatic nitrogens is 3. The SMILES string of the molecule is Cc1ccc(CC(=O)N(CCn2nc(C)cc2C)c2nc3c(C)cc(Cl)cc3s2)c(C)c1. The zero-order valence-electron chi connectivity index (χ0n) is 19.1. The summed E-state index contributed by atoms with van der Waals surface area (Å²) in [6, 6.07) is 12.1. The Morgan fingerprint density at radius 2 is 1.84 bits per heavy atom. The summed E-state index contributed by atoms with van der Waals surface area (Å²) >= 11 is 7.76. The molecule has 0 fully saturated rings. The molecule has 5 nitrogen and oxygen atoms in total. The molecule has 0 saturated carbocycles. The minimum absolute atomic E-state index is 0.0290. The zero-order chi connectivity index (χ0) is 23.0. The Hall–Kier alpha value is -2.70. The molecule has 2 aromatic carbocycles. The van der Waals surface area contributed by atoms with Gasteiger partial charge in [0.15, 0.2) is 5.13 Å². The number of hydrogen-bond acceptors (Lipinski definition) is 4. The van der Waals surface area contributed by atoms with E-state index in [0.717, 1.165) is 38.3 Å². The standard InChI is InChI=1S/C25H27ClN4OS/c1-15-6-7-20(16(2)10-15)13-23(31)29(8-9-30-19(5)12-18(4)28-30)25-27-24-17(3)11-21(26)14-22(24)32-25/h6-7,10-12,14H,8-9,13H2,1-5H3. The van der Waals surface area contributed by atoms with Crippen molar-refractivity contribution < 1.29 is 4.79 Å². The highest BCUT2D eigenvalue weighted by Crippen LogP contribution is 2.33. The molecule has 0 saturated heterocycles. The van der Waals surface area contributed by atoms with E-state index in [-0.39, 0.29) is 5.91 Å². The van der Waals surface area contributed by atoms with Gasteiger partial charge in [-0.2, -0.15) is 5.10 Å². The van der Waals surface area contributed by atoms with E-state index in [1.807, 2.05) is 49.7 Å². The number of carbonyl (C=O) groups excluding carboxylic acids is 1. The number of amides is 1. The van der Waals surface area contributed by atoms with Crippen LogP contribution in [0.3, 0.4) is 0 Å². The number of thiazole rings is 1. The summed E-state index contributed by atoms with van der Waals surface area (Å²) in [5.74, 6) is 0.0290. The number of rotatable bonds is 6. The average molecular weight is 467 g/mol.